The molecule has 0 bridgehead atoms. The quantitative estimate of drug-likeness (QED) is 0.0888. The molecule has 3 amide bonds. The van der Waals surface area contributed by atoms with E-state index in [0.717, 1.165) is 31.9 Å². The lowest BCUT2D eigenvalue weighted by Crippen LogP contribution is -2.55. The Morgan fingerprint density at radius 2 is 1.55 bits per heavy atom. The Labute approximate surface area is 304 Å². The number of anilines is 1. The van der Waals surface area contributed by atoms with E-state index < -0.39 is 75.0 Å². The van der Waals surface area contributed by atoms with Crippen molar-refractivity contribution in [1.29, 1.82) is 0 Å². The van der Waals surface area contributed by atoms with Crippen molar-refractivity contribution in [3.63, 3.8) is 0 Å². The van der Waals surface area contributed by atoms with Gasteiger partial charge in [0.15, 0.2) is 17.4 Å². The van der Waals surface area contributed by atoms with Gasteiger partial charge in [-0.15, -0.1) is 0 Å². The highest BCUT2D eigenvalue weighted by Crippen LogP contribution is 2.32. The maximum absolute atomic E-state index is 13.8. The summed E-state index contributed by atoms with van der Waals surface area (Å²) in [7, 11) is -2.12. The molecule has 1 N–H and O–H groups in total. The molecule has 1 aliphatic heterocycles. The van der Waals surface area contributed by atoms with Crippen LogP contribution in [0, 0.1) is 5.41 Å². The molecule has 0 aliphatic carbocycles. The second-order valence-corrected chi connectivity index (χ2v) is 17.2. The second kappa shape index (κ2) is 18.3. The Morgan fingerprint density at radius 1 is 0.980 bits per heavy atom. The van der Waals surface area contributed by atoms with Crippen LogP contribution in [0.25, 0.3) is 0 Å². The number of carbonyl (C=O) groups excluding carboxylic acids is 5. The van der Waals surface area contributed by atoms with E-state index in [1.807, 2.05) is 0 Å². The van der Waals surface area contributed by atoms with Crippen LogP contribution in [0.4, 0.5) is 10.5 Å². The Bertz CT molecular complexity index is 1520. The highest BCUT2D eigenvalue weighted by Gasteiger charge is 2.55. The van der Waals surface area contributed by atoms with Crippen molar-refractivity contribution >= 4 is 45.4 Å². The molecule has 51 heavy (non-hydrogen) atoms. The van der Waals surface area contributed by atoms with Gasteiger partial charge in [-0.3, -0.25) is 14.4 Å². The van der Waals surface area contributed by atoms with Gasteiger partial charge >= 0.3 is 12.1 Å². The van der Waals surface area contributed by atoms with Crippen molar-refractivity contribution in [2.45, 2.75) is 150 Å². The molecular formula is C37H59N3O10S. The average molecular weight is 738 g/mol. The third kappa shape index (κ3) is 12.3. The van der Waals surface area contributed by atoms with Crippen LogP contribution in [-0.2, 0) is 33.9 Å². The number of Topliss-reactive ketones (excluding diaryl/α,β-unsaturated/α-hetero) is 1. The zero-order valence-corrected chi connectivity index (χ0v) is 33.1. The number of carbonyl (C=O) groups is 5. The molecule has 3 atom stereocenters. The molecule has 3 unspecified atom stereocenters. The lowest BCUT2D eigenvalue weighted by molar-refractivity contribution is -0.145. The van der Waals surface area contributed by atoms with Crippen LogP contribution in [0.1, 0.15) is 130 Å². The molecule has 0 radical (unpaired) electrons. The van der Waals surface area contributed by atoms with E-state index in [-0.39, 0.29) is 17.0 Å². The van der Waals surface area contributed by atoms with Gasteiger partial charge in [0.05, 0.1) is 29.7 Å². The minimum absolute atomic E-state index is 0.0753. The fourth-order valence-electron chi connectivity index (χ4n) is 5.60. The van der Waals surface area contributed by atoms with Crippen molar-refractivity contribution in [2.24, 2.45) is 5.41 Å². The summed E-state index contributed by atoms with van der Waals surface area (Å²) in [6.07, 6.45) is 7.91. The first-order valence-corrected chi connectivity index (χ1v) is 19.7. The van der Waals surface area contributed by atoms with E-state index in [9.17, 15) is 32.4 Å². The molecular weight excluding hydrogens is 678 g/mol. The number of ketones is 1. The number of esters is 1. The van der Waals surface area contributed by atoms with E-state index in [4.69, 9.17) is 14.2 Å². The van der Waals surface area contributed by atoms with Crippen LogP contribution < -0.4 is 10.1 Å². The average Bonchev–Trinajstić information content (AvgIpc) is 3.22. The van der Waals surface area contributed by atoms with Crippen LogP contribution in [0.3, 0.4) is 0 Å². The molecule has 0 spiro atoms. The highest BCUT2D eigenvalue weighted by atomic mass is 32.2. The van der Waals surface area contributed by atoms with Crippen LogP contribution in [0.15, 0.2) is 18.2 Å². The number of cyclic esters (lactones) is 1. The SMILES string of the molecule is CCCCCCCCCCC(OC(=O)c1ccc(NC(=O)C(C(=O)C(C)(C)C)N2C(=O)OC(C)(C)C2=O)c(OC(C)C)c1)C(C)N(C)S(C)(=O)=O. The number of nitrogens with one attached hydrogen (secondary N) is 1. The van der Waals surface area contributed by atoms with Crippen molar-refractivity contribution in [3.05, 3.63) is 23.8 Å². The number of benzene rings is 1. The van der Waals surface area contributed by atoms with Gasteiger partial charge in [-0.1, -0.05) is 72.6 Å². The van der Waals surface area contributed by atoms with Crippen molar-refractivity contribution in [3.8, 4) is 5.75 Å². The molecule has 0 aromatic heterocycles. The number of rotatable bonds is 20. The first-order chi connectivity index (χ1) is 23.5. The largest absolute Gasteiger partial charge is 0.489 e. The van der Waals surface area contributed by atoms with Crippen molar-refractivity contribution in [1.82, 2.24) is 9.21 Å². The van der Waals surface area contributed by atoms with Crippen LogP contribution in [0.2, 0.25) is 0 Å². The molecule has 1 aromatic carbocycles. The first kappa shape index (κ1) is 43.6. The maximum atomic E-state index is 13.8. The zero-order chi connectivity index (χ0) is 38.9. The van der Waals surface area contributed by atoms with Crippen LogP contribution >= 0.6 is 0 Å². The highest BCUT2D eigenvalue weighted by molar-refractivity contribution is 7.88. The lowest BCUT2D eigenvalue weighted by Gasteiger charge is -2.30. The van der Waals surface area contributed by atoms with Gasteiger partial charge in [0.2, 0.25) is 10.0 Å². The number of sulfonamides is 1. The van der Waals surface area contributed by atoms with E-state index in [1.54, 1.807) is 41.5 Å². The lowest BCUT2D eigenvalue weighted by atomic mass is 9.85. The number of hydrogen-bond donors (Lipinski definition) is 1. The zero-order valence-electron chi connectivity index (χ0n) is 32.3. The summed E-state index contributed by atoms with van der Waals surface area (Å²) >= 11 is 0. The fraction of sp³-hybridized carbons (Fsp3) is 0.703. The van der Waals surface area contributed by atoms with E-state index >= 15 is 0 Å². The van der Waals surface area contributed by atoms with Crippen molar-refractivity contribution in [2.75, 3.05) is 18.6 Å². The molecule has 1 fully saturated rings. The number of ether oxygens (including phenoxy) is 3. The summed E-state index contributed by atoms with van der Waals surface area (Å²) in [5, 5.41) is 2.61. The summed E-state index contributed by atoms with van der Waals surface area (Å²) in [4.78, 5) is 67.3. The summed E-state index contributed by atoms with van der Waals surface area (Å²) in [6, 6.07) is 1.71. The topological polar surface area (TPSA) is 166 Å². The van der Waals surface area contributed by atoms with Crippen molar-refractivity contribution < 1.29 is 46.6 Å². The minimum atomic E-state index is -3.57. The summed E-state index contributed by atoms with van der Waals surface area (Å²) < 4.78 is 43.0. The fourth-order valence-corrected chi connectivity index (χ4v) is 6.34. The third-order valence-corrected chi connectivity index (χ3v) is 10.2. The Hall–Kier alpha value is -3.52. The number of unbranched alkanes of at least 4 members (excludes halogenated alkanes) is 7. The predicted molar refractivity (Wildman–Crippen MR) is 195 cm³/mol. The third-order valence-electron chi connectivity index (χ3n) is 8.84. The first-order valence-electron chi connectivity index (χ1n) is 17.9. The molecule has 14 heteroatoms. The normalized spacial score (nSPS) is 16.5. The Morgan fingerprint density at radius 3 is 2.04 bits per heavy atom. The van der Waals surface area contributed by atoms with Gasteiger partial charge in [0.1, 0.15) is 11.9 Å². The summed E-state index contributed by atoms with van der Waals surface area (Å²) in [6.45, 7) is 14.8. The maximum Gasteiger partial charge on any atom is 0.418 e. The van der Waals surface area contributed by atoms with Gasteiger partial charge in [0, 0.05) is 12.5 Å². The Balaban J connectivity index is 2.37. The number of amides is 3. The van der Waals surface area contributed by atoms with Gasteiger partial charge < -0.3 is 19.5 Å². The Kier molecular flexibility index (Phi) is 15.7. The molecule has 2 rings (SSSR count). The number of hydrogen-bond acceptors (Lipinski definition) is 10. The monoisotopic (exact) mass is 737 g/mol. The van der Waals surface area contributed by atoms with Gasteiger partial charge in [-0.2, -0.15) is 4.31 Å². The minimum Gasteiger partial charge on any atom is -0.489 e. The second-order valence-electron chi connectivity index (χ2n) is 15.2. The van der Waals surface area contributed by atoms with E-state index in [2.05, 4.69) is 12.2 Å². The van der Waals surface area contributed by atoms with E-state index in [0.29, 0.717) is 11.3 Å². The molecule has 1 heterocycles. The standard InChI is InChI=1S/C37H59N3O10S/c1-12-13-14-15-16-17-18-19-20-28(25(4)39(10)51(11,46)47)49-33(43)26-21-22-27(29(23-26)48-24(2)3)38-32(42)30(31(41)36(5,6)7)40-34(44)37(8,9)50-35(40)45/h21-25,28,30H,12-20H2,1-11H3,(H,38,42). The predicted octanol–water partition coefficient (Wildman–Crippen LogP) is 6.49. The number of imide groups is 1. The van der Waals surface area contributed by atoms with Crippen LogP contribution in [-0.4, -0.2) is 90.5 Å². The molecule has 288 valence electrons. The van der Waals surface area contributed by atoms with Crippen LogP contribution in [0.5, 0.6) is 5.75 Å². The molecule has 13 nitrogen and oxygen atoms in total. The molecule has 0 saturated carbocycles. The van der Waals surface area contributed by atoms with Gasteiger partial charge in [-0.05, 0) is 65.7 Å². The molecule has 1 aliphatic rings. The number of likely N-dealkylation sites (N-methyl/N-ethyl adjacent to an activating group) is 1. The van der Waals surface area contributed by atoms with Gasteiger partial charge in [-0.25, -0.2) is 22.9 Å². The molecule has 1 saturated heterocycles. The summed E-state index contributed by atoms with van der Waals surface area (Å²) in [5.74, 6) is -3.13. The summed E-state index contributed by atoms with van der Waals surface area (Å²) in [5.41, 5.74) is -2.52. The van der Waals surface area contributed by atoms with Gasteiger partial charge in [0.25, 0.3) is 11.8 Å². The smallest absolute Gasteiger partial charge is 0.418 e. The molecule has 1 aromatic rings. The van der Waals surface area contributed by atoms with E-state index in [1.165, 1.54) is 69.1 Å². The number of nitrogens with zero attached hydrogens (tertiary/aromatic N) is 2.